The van der Waals surface area contributed by atoms with Crippen LogP contribution in [-0.4, -0.2) is 11.2 Å². The summed E-state index contributed by atoms with van der Waals surface area (Å²) in [7, 11) is 0. The van der Waals surface area contributed by atoms with Crippen molar-refractivity contribution >= 4 is 29.0 Å². The standard InChI is InChI=1S/C10H10Cl2O/c1-6-5-8(3-4-9(6)12)10(13)7(2)11/h3-5,7H,1-2H3. The van der Waals surface area contributed by atoms with E-state index in [1.54, 1.807) is 25.1 Å². The number of aryl methyl sites for hydroxylation is 1. The van der Waals surface area contributed by atoms with Gasteiger partial charge in [0, 0.05) is 10.6 Å². The van der Waals surface area contributed by atoms with Crippen LogP contribution in [0.25, 0.3) is 0 Å². The first-order valence-corrected chi connectivity index (χ1v) is 4.78. The molecule has 1 unspecified atom stereocenters. The van der Waals surface area contributed by atoms with Crippen LogP contribution in [0.4, 0.5) is 0 Å². The Labute approximate surface area is 87.7 Å². The molecule has 70 valence electrons. The maximum atomic E-state index is 11.4. The van der Waals surface area contributed by atoms with Gasteiger partial charge in [0.15, 0.2) is 5.78 Å². The van der Waals surface area contributed by atoms with Crippen molar-refractivity contribution in [2.75, 3.05) is 0 Å². The van der Waals surface area contributed by atoms with Crippen molar-refractivity contribution < 1.29 is 4.79 Å². The van der Waals surface area contributed by atoms with Gasteiger partial charge in [-0.15, -0.1) is 11.6 Å². The van der Waals surface area contributed by atoms with E-state index in [1.165, 1.54) is 0 Å². The van der Waals surface area contributed by atoms with E-state index < -0.39 is 5.38 Å². The van der Waals surface area contributed by atoms with Gasteiger partial charge in [-0.05, 0) is 37.6 Å². The third-order valence-electron chi connectivity index (χ3n) is 1.80. The lowest BCUT2D eigenvalue weighted by Gasteiger charge is -2.04. The molecule has 0 aliphatic rings. The highest BCUT2D eigenvalue weighted by Crippen LogP contribution is 2.18. The van der Waals surface area contributed by atoms with Gasteiger partial charge in [-0.2, -0.15) is 0 Å². The summed E-state index contributed by atoms with van der Waals surface area (Å²) in [6.45, 7) is 3.52. The zero-order chi connectivity index (χ0) is 10.0. The van der Waals surface area contributed by atoms with Crippen LogP contribution in [0.5, 0.6) is 0 Å². The molecule has 13 heavy (non-hydrogen) atoms. The third kappa shape index (κ3) is 2.45. The van der Waals surface area contributed by atoms with Crippen molar-refractivity contribution in [2.45, 2.75) is 19.2 Å². The Kier molecular flexibility index (Phi) is 3.34. The van der Waals surface area contributed by atoms with E-state index in [0.717, 1.165) is 5.56 Å². The fraction of sp³-hybridized carbons (Fsp3) is 0.300. The maximum absolute atomic E-state index is 11.4. The molecular formula is C10H10Cl2O. The molecule has 1 nitrogen and oxygen atoms in total. The molecule has 1 rings (SSSR count). The second kappa shape index (κ2) is 4.12. The van der Waals surface area contributed by atoms with Crippen LogP contribution in [0.2, 0.25) is 5.02 Å². The molecule has 0 aliphatic carbocycles. The summed E-state index contributed by atoms with van der Waals surface area (Å²) in [6.07, 6.45) is 0. The molecule has 0 heterocycles. The molecule has 0 N–H and O–H groups in total. The summed E-state index contributed by atoms with van der Waals surface area (Å²) < 4.78 is 0. The molecule has 0 saturated carbocycles. The predicted molar refractivity (Wildman–Crippen MR) is 55.8 cm³/mol. The van der Waals surface area contributed by atoms with Gasteiger partial charge in [0.1, 0.15) is 0 Å². The van der Waals surface area contributed by atoms with Crippen molar-refractivity contribution in [2.24, 2.45) is 0 Å². The van der Waals surface area contributed by atoms with Gasteiger partial charge in [0.25, 0.3) is 0 Å². The van der Waals surface area contributed by atoms with Crippen molar-refractivity contribution in [3.05, 3.63) is 34.3 Å². The van der Waals surface area contributed by atoms with Crippen molar-refractivity contribution in [3.8, 4) is 0 Å². The molecular weight excluding hydrogens is 207 g/mol. The normalized spacial score (nSPS) is 12.6. The first-order chi connectivity index (χ1) is 6.02. The number of halogens is 2. The summed E-state index contributed by atoms with van der Waals surface area (Å²) in [4.78, 5) is 11.4. The molecule has 0 amide bonds. The Morgan fingerprint density at radius 1 is 1.46 bits per heavy atom. The molecule has 0 spiro atoms. The average Bonchev–Trinajstić information content (AvgIpc) is 2.08. The van der Waals surface area contributed by atoms with Crippen LogP contribution >= 0.6 is 23.2 Å². The number of alkyl halides is 1. The smallest absolute Gasteiger partial charge is 0.180 e. The fourth-order valence-electron chi connectivity index (χ4n) is 1.03. The zero-order valence-electron chi connectivity index (χ0n) is 7.47. The second-order valence-electron chi connectivity index (χ2n) is 2.94. The van der Waals surface area contributed by atoms with E-state index in [2.05, 4.69) is 0 Å². The van der Waals surface area contributed by atoms with Crippen molar-refractivity contribution in [3.63, 3.8) is 0 Å². The Hall–Kier alpha value is -0.530. The number of rotatable bonds is 2. The van der Waals surface area contributed by atoms with Crippen LogP contribution in [0.1, 0.15) is 22.8 Å². The minimum atomic E-state index is -0.486. The van der Waals surface area contributed by atoms with E-state index in [-0.39, 0.29) is 5.78 Å². The van der Waals surface area contributed by atoms with Crippen LogP contribution in [0.15, 0.2) is 18.2 Å². The van der Waals surface area contributed by atoms with Crippen molar-refractivity contribution in [1.29, 1.82) is 0 Å². The number of hydrogen-bond donors (Lipinski definition) is 0. The van der Waals surface area contributed by atoms with Crippen LogP contribution < -0.4 is 0 Å². The van der Waals surface area contributed by atoms with E-state index in [4.69, 9.17) is 23.2 Å². The quantitative estimate of drug-likeness (QED) is 0.547. The van der Waals surface area contributed by atoms with Gasteiger partial charge in [-0.25, -0.2) is 0 Å². The monoisotopic (exact) mass is 216 g/mol. The molecule has 3 heteroatoms. The van der Waals surface area contributed by atoms with Gasteiger partial charge < -0.3 is 0 Å². The average molecular weight is 217 g/mol. The second-order valence-corrected chi connectivity index (χ2v) is 4.01. The molecule has 0 aliphatic heterocycles. The molecule has 0 radical (unpaired) electrons. The Bertz CT molecular complexity index is 332. The number of carbonyl (C=O) groups excluding carboxylic acids is 1. The van der Waals surface area contributed by atoms with Gasteiger partial charge in [-0.3, -0.25) is 4.79 Å². The SMILES string of the molecule is Cc1cc(C(=O)C(C)Cl)ccc1Cl. The number of carbonyl (C=O) groups is 1. The summed E-state index contributed by atoms with van der Waals surface area (Å²) in [5.74, 6) is -0.0681. The molecule has 0 saturated heterocycles. The lowest BCUT2D eigenvalue weighted by atomic mass is 10.1. The van der Waals surface area contributed by atoms with E-state index in [9.17, 15) is 4.79 Å². The number of benzene rings is 1. The largest absolute Gasteiger partial charge is 0.293 e. The fourth-order valence-corrected chi connectivity index (χ4v) is 1.27. The lowest BCUT2D eigenvalue weighted by Crippen LogP contribution is -2.10. The van der Waals surface area contributed by atoms with Crippen LogP contribution in [0.3, 0.4) is 0 Å². The summed E-state index contributed by atoms with van der Waals surface area (Å²) in [6, 6.07) is 5.16. The summed E-state index contributed by atoms with van der Waals surface area (Å²) in [5, 5.41) is 0.180. The first-order valence-electron chi connectivity index (χ1n) is 3.97. The number of hydrogen-bond acceptors (Lipinski definition) is 1. The van der Waals surface area contributed by atoms with Gasteiger partial charge in [0.05, 0.1) is 5.38 Å². The van der Waals surface area contributed by atoms with E-state index in [1.807, 2.05) is 6.92 Å². The van der Waals surface area contributed by atoms with Crippen LogP contribution in [-0.2, 0) is 0 Å². The molecule has 1 aromatic rings. The maximum Gasteiger partial charge on any atom is 0.180 e. The summed E-state index contributed by atoms with van der Waals surface area (Å²) in [5.41, 5.74) is 1.51. The minimum Gasteiger partial charge on any atom is -0.293 e. The van der Waals surface area contributed by atoms with Crippen molar-refractivity contribution in [1.82, 2.24) is 0 Å². The predicted octanol–water partition coefficient (Wildman–Crippen LogP) is 3.46. The summed E-state index contributed by atoms with van der Waals surface area (Å²) >= 11 is 11.5. The molecule has 0 fully saturated rings. The van der Waals surface area contributed by atoms with Gasteiger partial charge >= 0.3 is 0 Å². The van der Waals surface area contributed by atoms with Gasteiger partial charge in [-0.1, -0.05) is 11.6 Å². The minimum absolute atomic E-state index is 0.0681. The van der Waals surface area contributed by atoms with E-state index >= 15 is 0 Å². The Morgan fingerprint density at radius 2 is 2.08 bits per heavy atom. The van der Waals surface area contributed by atoms with Crippen LogP contribution in [0, 0.1) is 6.92 Å². The number of ketones is 1. The lowest BCUT2D eigenvalue weighted by molar-refractivity contribution is 0.0991. The third-order valence-corrected chi connectivity index (χ3v) is 2.43. The Morgan fingerprint density at radius 3 is 2.54 bits per heavy atom. The topological polar surface area (TPSA) is 17.1 Å². The highest BCUT2D eigenvalue weighted by atomic mass is 35.5. The zero-order valence-corrected chi connectivity index (χ0v) is 8.99. The van der Waals surface area contributed by atoms with E-state index in [0.29, 0.717) is 10.6 Å². The number of Topliss-reactive ketones (excluding diaryl/α,β-unsaturated/α-hetero) is 1. The first kappa shape index (κ1) is 10.6. The molecule has 0 bridgehead atoms. The highest BCUT2D eigenvalue weighted by molar-refractivity contribution is 6.34. The molecule has 1 atom stereocenters. The van der Waals surface area contributed by atoms with Gasteiger partial charge in [0.2, 0.25) is 0 Å². The Balaban J connectivity index is 3.04. The molecule has 1 aromatic carbocycles. The molecule has 0 aromatic heterocycles. The highest BCUT2D eigenvalue weighted by Gasteiger charge is 2.12.